The average molecular weight is 435 g/mol. The van der Waals surface area contributed by atoms with Crippen molar-refractivity contribution >= 4 is 21.7 Å². The number of primary amides is 1. The fraction of sp³-hybridized carbons (Fsp3) is 0.636. The normalized spacial score (nSPS) is 32.6. The molecule has 8 heteroatoms. The average Bonchev–Trinajstić information content (AvgIpc) is 2.69. The van der Waals surface area contributed by atoms with Crippen molar-refractivity contribution in [3.8, 4) is 5.75 Å². The second-order valence-electron chi connectivity index (χ2n) is 9.80. The van der Waals surface area contributed by atoms with Crippen LogP contribution in [-0.4, -0.2) is 38.1 Å². The molecule has 2 unspecified atom stereocenters. The molecule has 4 aliphatic carbocycles. The zero-order valence-electron chi connectivity index (χ0n) is 17.7. The maximum absolute atomic E-state index is 13.2. The number of hydrogen-bond acceptors (Lipinski definition) is 5. The summed E-state index contributed by atoms with van der Waals surface area (Å²) < 4.78 is 29.9. The smallest absolute Gasteiger partial charge is 0.241 e. The molecule has 0 aliphatic heterocycles. The van der Waals surface area contributed by atoms with E-state index in [4.69, 9.17) is 10.5 Å². The molecule has 3 N–H and O–H groups in total. The number of rotatable bonds is 6. The number of methoxy groups -OCH3 is 1. The quantitative estimate of drug-likeness (QED) is 0.711. The van der Waals surface area contributed by atoms with E-state index < -0.39 is 25.9 Å². The SMILES string of the molecule is COc1ccc(S(=O)(=O)C(C)(C)C(=O)NC2C3CC4CC2CC(C(N)=O)(C4)C3)cc1. The van der Waals surface area contributed by atoms with E-state index in [1.165, 1.54) is 33.1 Å². The lowest BCUT2D eigenvalue weighted by molar-refractivity contribution is -0.147. The molecule has 0 heterocycles. The first-order valence-electron chi connectivity index (χ1n) is 10.5. The van der Waals surface area contributed by atoms with Crippen LogP contribution in [-0.2, 0) is 19.4 Å². The first-order valence-corrected chi connectivity index (χ1v) is 12.0. The van der Waals surface area contributed by atoms with E-state index >= 15 is 0 Å². The molecule has 4 fully saturated rings. The molecule has 0 aromatic heterocycles. The van der Waals surface area contributed by atoms with Gasteiger partial charge in [0.2, 0.25) is 11.8 Å². The van der Waals surface area contributed by atoms with Gasteiger partial charge in [-0.15, -0.1) is 0 Å². The Hall–Kier alpha value is -2.09. The Morgan fingerprint density at radius 3 is 2.17 bits per heavy atom. The molecule has 4 aliphatic rings. The summed E-state index contributed by atoms with van der Waals surface area (Å²) in [7, 11) is -2.40. The van der Waals surface area contributed by atoms with Crippen molar-refractivity contribution in [1.29, 1.82) is 0 Å². The van der Waals surface area contributed by atoms with E-state index in [2.05, 4.69) is 5.32 Å². The highest BCUT2D eigenvalue weighted by Crippen LogP contribution is 2.60. The molecule has 164 valence electrons. The number of sulfone groups is 1. The van der Waals surface area contributed by atoms with Crippen molar-refractivity contribution in [1.82, 2.24) is 5.32 Å². The summed E-state index contributed by atoms with van der Waals surface area (Å²) in [5.74, 6) is 0.643. The van der Waals surface area contributed by atoms with Crippen LogP contribution < -0.4 is 15.8 Å². The van der Waals surface area contributed by atoms with E-state index in [0.29, 0.717) is 24.5 Å². The summed E-state index contributed by atoms with van der Waals surface area (Å²) >= 11 is 0. The molecule has 4 saturated carbocycles. The second kappa shape index (κ2) is 6.97. The zero-order chi connectivity index (χ0) is 21.9. The molecular formula is C22H30N2O5S. The Kier molecular flexibility index (Phi) is 4.91. The lowest BCUT2D eigenvalue weighted by Crippen LogP contribution is -2.64. The topological polar surface area (TPSA) is 116 Å². The van der Waals surface area contributed by atoms with Gasteiger partial charge >= 0.3 is 0 Å². The highest BCUT2D eigenvalue weighted by Gasteiger charge is 2.58. The van der Waals surface area contributed by atoms with Crippen molar-refractivity contribution in [2.45, 2.75) is 61.6 Å². The summed E-state index contributed by atoms with van der Waals surface area (Å²) in [6.07, 6.45) is 4.15. The monoisotopic (exact) mass is 434 g/mol. The molecule has 0 radical (unpaired) electrons. The minimum Gasteiger partial charge on any atom is -0.497 e. The fourth-order valence-electron chi connectivity index (χ4n) is 6.06. The third kappa shape index (κ3) is 3.11. The van der Waals surface area contributed by atoms with E-state index in [1.807, 2.05) is 0 Å². The molecule has 4 bridgehead atoms. The molecule has 1 aromatic carbocycles. The first kappa shape index (κ1) is 21.2. The van der Waals surface area contributed by atoms with Gasteiger partial charge in [-0.3, -0.25) is 9.59 Å². The van der Waals surface area contributed by atoms with Crippen LogP contribution in [0.5, 0.6) is 5.75 Å². The number of carbonyl (C=O) groups excluding carboxylic acids is 2. The Morgan fingerprint density at radius 1 is 1.10 bits per heavy atom. The third-order valence-electron chi connectivity index (χ3n) is 7.68. The van der Waals surface area contributed by atoms with Gasteiger partial charge in [-0.05, 0) is 88.0 Å². The molecule has 0 spiro atoms. The standard InChI is InChI=1S/C22H30N2O5S/c1-21(2,30(27,28)17-6-4-16(29-3)5-7-17)20(26)24-18-14-8-13-9-15(18)12-22(10-13,11-14)19(23)25/h4-7,13-15,18H,8-12H2,1-3H3,(H2,23,25)(H,24,26). The van der Waals surface area contributed by atoms with Gasteiger partial charge < -0.3 is 15.8 Å². The number of nitrogens with two attached hydrogens (primary N) is 1. The number of nitrogens with one attached hydrogen (secondary N) is 1. The number of amides is 2. The molecule has 1 aromatic rings. The molecule has 2 atom stereocenters. The van der Waals surface area contributed by atoms with Gasteiger partial charge in [0.25, 0.3) is 0 Å². The highest BCUT2D eigenvalue weighted by atomic mass is 32.2. The second-order valence-corrected chi connectivity index (χ2v) is 12.3. The van der Waals surface area contributed by atoms with Crippen LogP contribution in [0.3, 0.4) is 0 Å². The predicted octanol–water partition coefficient (Wildman–Crippen LogP) is 2.04. The summed E-state index contributed by atoms with van der Waals surface area (Å²) in [6, 6.07) is 5.96. The van der Waals surface area contributed by atoms with Gasteiger partial charge in [0.05, 0.1) is 12.0 Å². The van der Waals surface area contributed by atoms with Crippen molar-refractivity contribution in [2.24, 2.45) is 28.9 Å². The van der Waals surface area contributed by atoms with Crippen LogP contribution in [0.1, 0.15) is 46.0 Å². The number of hydrogen-bond donors (Lipinski definition) is 2. The van der Waals surface area contributed by atoms with Crippen LogP contribution in [0.25, 0.3) is 0 Å². The lowest BCUT2D eigenvalue weighted by Gasteiger charge is -2.59. The number of carbonyl (C=O) groups is 2. The van der Waals surface area contributed by atoms with E-state index in [1.54, 1.807) is 12.1 Å². The maximum Gasteiger partial charge on any atom is 0.241 e. The Balaban J connectivity index is 1.54. The molecule has 30 heavy (non-hydrogen) atoms. The van der Waals surface area contributed by atoms with Gasteiger partial charge in [0.1, 0.15) is 10.5 Å². The summed E-state index contributed by atoms with van der Waals surface area (Å²) in [6.45, 7) is 2.89. The summed E-state index contributed by atoms with van der Waals surface area (Å²) in [5, 5.41) is 3.06. The van der Waals surface area contributed by atoms with E-state index in [0.717, 1.165) is 19.3 Å². The lowest BCUT2D eigenvalue weighted by atomic mass is 9.47. The Labute approximate surface area is 177 Å². The summed E-state index contributed by atoms with van der Waals surface area (Å²) in [5.41, 5.74) is 5.29. The molecule has 5 rings (SSSR count). The Bertz CT molecular complexity index is 954. The van der Waals surface area contributed by atoms with Crippen molar-refractivity contribution in [2.75, 3.05) is 7.11 Å². The zero-order valence-corrected chi connectivity index (χ0v) is 18.5. The molecule has 7 nitrogen and oxygen atoms in total. The number of benzene rings is 1. The molecule has 2 amide bonds. The van der Waals surface area contributed by atoms with Gasteiger partial charge in [0, 0.05) is 11.5 Å². The van der Waals surface area contributed by atoms with Gasteiger partial charge in [-0.1, -0.05) is 0 Å². The van der Waals surface area contributed by atoms with Crippen LogP contribution in [0.2, 0.25) is 0 Å². The minimum atomic E-state index is -3.91. The van der Waals surface area contributed by atoms with Crippen LogP contribution in [0.4, 0.5) is 0 Å². The highest BCUT2D eigenvalue weighted by molar-refractivity contribution is 7.93. The van der Waals surface area contributed by atoms with E-state index in [9.17, 15) is 18.0 Å². The van der Waals surface area contributed by atoms with Crippen molar-refractivity contribution in [3.63, 3.8) is 0 Å². The minimum absolute atomic E-state index is 0.0845. The third-order valence-corrected chi connectivity index (χ3v) is 10.1. The van der Waals surface area contributed by atoms with Crippen molar-refractivity contribution < 1.29 is 22.7 Å². The van der Waals surface area contributed by atoms with Gasteiger partial charge in [0.15, 0.2) is 9.84 Å². The van der Waals surface area contributed by atoms with Crippen LogP contribution in [0, 0.1) is 23.2 Å². The first-order chi connectivity index (χ1) is 14.0. The largest absolute Gasteiger partial charge is 0.497 e. The summed E-state index contributed by atoms with van der Waals surface area (Å²) in [4.78, 5) is 25.4. The molecular weight excluding hydrogens is 404 g/mol. The van der Waals surface area contributed by atoms with Crippen LogP contribution in [0.15, 0.2) is 29.2 Å². The molecule has 0 saturated heterocycles. The number of ether oxygens (including phenoxy) is 1. The Morgan fingerprint density at radius 2 is 1.67 bits per heavy atom. The van der Waals surface area contributed by atoms with E-state index in [-0.39, 0.29) is 28.7 Å². The predicted molar refractivity (Wildman–Crippen MR) is 111 cm³/mol. The maximum atomic E-state index is 13.2. The van der Waals surface area contributed by atoms with Gasteiger partial charge in [-0.25, -0.2) is 8.42 Å². The van der Waals surface area contributed by atoms with Crippen LogP contribution >= 0.6 is 0 Å². The van der Waals surface area contributed by atoms with Crippen molar-refractivity contribution in [3.05, 3.63) is 24.3 Å². The van der Waals surface area contributed by atoms with Gasteiger partial charge in [-0.2, -0.15) is 0 Å². The fourth-order valence-corrected chi connectivity index (χ4v) is 7.45.